The van der Waals surface area contributed by atoms with E-state index in [0.29, 0.717) is 37.5 Å². The van der Waals surface area contributed by atoms with Gasteiger partial charge in [-0.25, -0.2) is 9.59 Å². The molecule has 0 unspecified atom stereocenters. The molecule has 2 aromatic carbocycles. The van der Waals surface area contributed by atoms with Gasteiger partial charge in [-0.2, -0.15) is 0 Å². The minimum atomic E-state index is -0.395. The van der Waals surface area contributed by atoms with E-state index in [2.05, 4.69) is 12.2 Å². The number of aryl methyl sites for hydroxylation is 1. The molecule has 2 heterocycles. The molecule has 172 valence electrons. The van der Waals surface area contributed by atoms with Crippen molar-refractivity contribution in [3.8, 4) is 5.75 Å². The van der Waals surface area contributed by atoms with Gasteiger partial charge in [0.05, 0.1) is 0 Å². The average molecular weight is 450 g/mol. The standard InChI is InChI=1S/C25H27N3O5/c1-2-6-18-15-24(30)33-22-16-20(9-10-21(18)22)32-17-23(29)27-11-13-28(14-12-27)25(31)26-19-7-4-3-5-8-19/h3-5,7-10,15-16H,2,6,11-14,17H2,1H3,(H,26,31). The molecule has 1 N–H and O–H groups in total. The fourth-order valence-electron chi connectivity index (χ4n) is 3.90. The second kappa shape index (κ2) is 10.2. The maximum atomic E-state index is 12.6. The van der Waals surface area contributed by atoms with Crippen LogP contribution in [0.3, 0.4) is 0 Å². The maximum Gasteiger partial charge on any atom is 0.336 e. The Hall–Kier alpha value is -3.81. The summed E-state index contributed by atoms with van der Waals surface area (Å²) in [6.07, 6.45) is 1.71. The van der Waals surface area contributed by atoms with E-state index in [1.54, 1.807) is 21.9 Å². The zero-order valence-corrected chi connectivity index (χ0v) is 18.6. The number of hydrogen-bond acceptors (Lipinski definition) is 5. The third-order valence-electron chi connectivity index (χ3n) is 5.63. The van der Waals surface area contributed by atoms with E-state index in [0.717, 1.165) is 29.5 Å². The van der Waals surface area contributed by atoms with Gasteiger partial charge in [-0.1, -0.05) is 31.5 Å². The molecule has 0 atom stereocenters. The van der Waals surface area contributed by atoms with Crippen LogP contribution in [-0.4, -0.2) is 54.5 Å². The molecule has 33 heavy (non-hydrogen) atoms. The van der Waals surface area contributed by atoms with Gasteiger partial charge in [-0.05, 0) is 36.2 Å². The monoisotopic (exact) mass is 449 g/mol. The lowest BCUT2D eigenvalue weighted by atomic mass is 10.1. The van der Waals surface area contributed by atoms with Crippen molar-refractivity contribution >= 4 is 28.6 Å². The quantitative estimate of drug-likeness (QED) is 0.582. The lowest BCUT2D eigenvalue weighted by Crippen LogP contribution is -2.52. The van der Waals surface area contributed by atoms with Crippen molar-refractivity contribution in [1.82, 2.24) is 9.80 Å². The zero-order chi connectivity index (χ0) is 23.2. The number of amides is 3. The van der Waals surface area contributed by atoms with Crippen LogP contribution in [-0.2, 0) is 11.2 Å². The van der Waals surface area contributed by atoms with E-state index in [4.69, 9.17) is 9.15 Å². The number of carbonyl (C=O) groups excluding carboxylic acids is 2. The van der Waals surface area contributed by atoms with Crippen LogP contribution in [0.4, 0.5) is 10.5 Å². The third-order valence-corrected chi connectivity index (χ3v) is 5.63. The SMILES string of the molecule is CCCc1cc(=O)oc2cc(OCC(=O)N3CCN(C(=O)Nc4ccccc4)CC3)ccc12. The summed E-state index contributed by atoms with van der Waals surface area (Å²) in [5.41, 5.74) is 1.74. The Morgan fingerprint density at radius 3 is 2.45 bits per heavy atom. The molecule has 1 aliphatic heterocycles. The van der Waals surface area contributed by atoms with E-state index in [-0.39, 0.29) is 18.5 Å². The van der Waals surface area contributed by atoms with Gasteiger partial charge >= 0.3 is 11.7 Å². The van der Waals surface area contributed by atoms with E-state index in [1.165, 1.54) is 6.07 Å². The molecule has 1 saturated heterocycles. The molecule has 0 radical (unpaired) electrons. The van der Waals surface area contributed by atoms with Gasteiger partial charge in [0.1, 0.15) is 11.3 Å². The van der Waals surface area contributed by atoms with Crippen LogP contribution in [0.5, 0.6) is 5.75 Å². The number of urea groups is 1. The predicted molar refractivity (Wildman–Crippen MR) is 126 cm³/mol. The smallest absolute Gasteiger partial charge is 0.336 e. The second-order valence-corrected chi connectivity index (χ2v) is 7.95. The summed E-state index contributed by atoms with van der Waals surface area (Å²) in [6, 6.07) is 15.9. The van der Waals surface area contributed by atoms with Crippen molar-refractivity contribution < 1.29 is 18.7 Å². The Morgan fingerprint density at radius 1 is 1.00 bits per heavy atom. The van der Waals surface area contributed by atoms with E-state index in [1.807, 2.05) is 36.4 Å². The van der Waals surface area contributed by atoms with Gasteiger partial charge in [0.2, 0.25) is 0 Å². The maximum absolute atomic E-state index is 12.6. The summed E-state index contributed by atoms with van der Waals surface area (Å²) < 4.78 is 11.0. The Bertz CT molecular complexity index is 1180. The molecular formula is C25H27N3O5. The van der Waals surface area contributed by atoms with Crippen LogP contribution >= 0.6 is 0 Å². The number of carbonyl (C=O) groups is 2. The largest absolute Gasteiger partial charge is 0.484 e. The van der Waals surface area contributed by atoms with Crippen molar-refractivity contribution in [2.24, 2.45) is 0 Å². The van der Waals surface area contributed by atoms with Crippen LogP contribution in [0.15, 0.2) is 63.8 Å². The van der Waals surface area contributed by atoms with Crippen molar-refractivity contribution in [3.05, 3.63) is 70.6 Å². The number of ether oxygens (including phenoxy) is 1. The van der Waals surface area contributed by atoms with Gasteiger partial charge in [-0.3, -0.25) is 4.79 Å². The number of hydrogen-bond donors (Lipinski definition) is 1. The molecular weight excluding hydrogens is 422 g/mol. The van der Waals surface area contributed by atoms with Gasteiger partial charge < -0.3 is 24.3 Å². The first kappa shape index (κ1) is 22.4. The Labute approximate surface area is 191 Å². The topological polar surface area (TPSA) is 92.1 Å². The number of nitrogens with one attached hydrogen (secondary N) is 1. The predicted octanol–water partition coefficient (Wildman–Crippen LogP) is 3.50. The molecule has 3 amide bonds. The summed E-state index contributed by atoms with van der Waals surface area (Å²) in [4.78, 5) is 40.2. The highest BCUT2D eigenvalue weighted by Gasteiger charge is 2.24. The molecule has 1 aromatic heterocycles. The van der Waals surface area contributed by atoms with Gasteiger partial charge in [-0.15, -0.1) is 0 Å². The summed E-state index contributed by atoms with van der Waals surface area (Å²) in [5, 5.41) is 3.74. The van der Waals surface area contributed by atoms with Crippen LogP contribution in [0, 0.1) is 0 Å². The second-order valence-electron chi connectivity index (χ2n) is 7.95. The van der Waals surface area contributed by atoms with E-state index < -0.39 is 5.63 Å². The van der Waals surface area contributed by atoms with E-state index in [9.17, 15) is 14.4 Å². The Morgan fingerprint density at radius 2 is 1.73 bits per heavy atom. The first-order chi connectivity index (χ1) is 16.0. The summed E-state index contributed by atoms with van der Waals surface area (Å²) in [5.74, 6) is 0.313. The molecule has 8 heteroatoms. The van der Waals surface area contributed by atoms with Crippen molar-refractivity contribution in [3.63, 3.8) is 0 Å². The number of anilines is 1. The molecule has 0 bridgehead atoms. The summed E-state index contributed by atoms with van der Waals surface area (Å²) in [7, 11) is 0. The molecule has 3 aromatic rings. The van der Waals surface area contributed by atoms with Crippen molar-refractivity contribution in [1.29, 1.82) is 0 Å². The molecule has 1 fully saturated rings. The third kappa shape index (κ3) is 5.52. The molecule has 0 saturated carbocycles. The first-order valence-electron chi connectivity index (χ1n) is 11.1. The molecule has 0 aliphatic carbocycles. The van der Waals surface area contributed by atoms with Crippen LogP contribution in [0.1, 0.15) is 18.9 Å². The number of rotatable bonds is 6. The van der Waals surface area contributed by atoms with Crippen molar-refractivity contribution in [2.45, 2.75) is 19.8 Å². The van der Waals surface area contributed by atoms with Crippen LogP contribution in [0.2, 0.25) is 0 Å². The molecule has 0 spiro atoms. The minimum Gasteiger partial charge on any atom is -0.484 e. The lowest BCUT2D eigenvalue weighted by Gasteiger charge is -2.34. The molecule has 4 rings (SSSR count). The molecule has 1 aliphatic rings. The number of fused-ring (bicyclic) bond motifs is 1. The Balaban J connectivity index is 1.30. The highest BCUT2D eigenvalue weighted by molar-refractivity contribution is 5.89. The van der Waals surface area contributed by atoms with Gasteiger partial charge in [0, 0.05) is 49.4 Å². The zero-order valence-electron chi connectivity index (χ0n) is 18.6. The van der Waals surface area contributed by atoms with Gasteiger partial charge in [0.25, 0.3) is 5.91 Å². The summed E-state index contributed by atoms with van der Waals surface area (Å²) in [6.45, 7) is 3.71. The fourth-order valence-corrected chi connectivity index (χ4v) is 3.90. The summed E-state index contributed by atoms with van der Waals surface area (Å²) >= 11 is 0. The van der Waals surface area contributed by atoms with Crippen LogP contribution in [0.25, 0.3) is 11.0 Å². The highest BCUT2D eigenvalue weighted by atomic mass is 16.5. The normalized spacial score (nSPS) is 13.7. The number of para-hydroxylation sites is 1. The number of benzene rings is 2. The Kier molecular flexibility index (Phi) is 6.92. The van der Waals surface area contributed by atoms with E-state index >= 15 is 0 Å². The number of nitrogens with zero attached hydrogens (tertiary/aromatic N) is 2. The highest BCUT2D eigenvalue weighted by Crippen LogP contribution is 2.23. The van der Waals surface area contributed by atoms with Gasteiger partial charge in [0.15, 0.2) is 6.61 Å². The first-order valence-corrected chi connectivity index (χ1v) is 11.1. The molecule has 8 nitrogen and oxygen atoms in total. The fraction of sp³-hybridized carbons (Fsp3) is 0.320. The lowest BCUT2D eigenvalue weighted by molar-refractivity contribution is -0.134. The average Bonchev–Trinajstić information content (AvgIpc) is 2.83. The van der Waals surface area contributed by atoms with Crippen LogP contribution < -0.4 is 15.7 Å². The number of piperazine rings is 1. The minimum absolute atomic E-state index is 0.124. The van der Waals surface area contributed by atoms with Crippen molar-refractivity contribution in [2.75, 3.05) is 38.1 Å².